The van der Waals surface area contributed by atoms with Crippen LogP contribution in [0.25, 0.3) is 0 Å². The SMILES string of the molecule is CCCCCCCCCCCCCCNC(=O)C(C(=O)O)C(N)C[N+](C)(C)C. The molecular weight excluding hydrogens is 354 g/mol. The van der Waals surface area contributed by atoms with Gasteiger partial charge in [-0.15, -0.1) is 0 Å². The minimum Gasteiger partial charge on any atom is -0.481 e. The molecule has 0 spiro atoms. The summed E-state index contributed by atoms with van der Waals surface area (Å²) in [6.07, 6.45) is 15.1. The lowest BCUT2D eigenvalue weighted by Gasteiger charge is -2.29. The Kier molecular flexibility index (Phi) is 15.1. The Morgan fingerprint density at radius 2 is 1.29 bits per heavy atom. The number of quaternary nitrogens is 1. The smallest absolute Gasteiger partial charge is 0.317 e. The average Bonchev–Trinajstić information content (AvgIpc) is 2.57. The van der Waals surface area contributed by atoms with Gasteiger partial charge in [-0.1, -0.05) is 77.6 Å². The minimum atomic E-state index is -1.19. The van der Waals surface area contributed by atoms with E-state index >= 15 is 0 Å². The molecular formula is C22H46N3O3+. The number of hydrogen-bond donors (Lipinski definition) is 3. The van der Waals surface area contributed by atoms with Crippen LogP contribution in [0.1, 0.15) is 84.0 Å². The normalized spacial score (nSPS) is 13.9. The van der Waals surface area contributed by atoms with E-state index in [-0.39, 0.29) is 0 Å². The average molecular weight is 401 g/mol. The van der Waals surface area contributed by atoms with E-state index in [1.54, 1.807) is 0 Å². The summed E-state index contributed by atoms with van der Waals surface area (Å²) in [4.78, 5) is 23.7. The van der Waals surface area contributed by atoms with Crippen molar-refractivity contribution in [2.75, 3.05) is 34.2 Å². The fourth-order valence-electron chi connectivity index (χ4n) is 3.52. The molecule has 2 unspecified atom stereocenters. The van der Waals surface area contributed by atoms with Crippen LogP contribution in [-0.2, 0) is 9.59 Å². The Balaban J connectivity index is 3.77. The van der Waals surface area contributed by atoms with Gasteiger partial charge in [-0.3, -0.25) is 9.59 Å². The number of carboxylic acid groups (broad SMARTS) is 1. The summed E-state index contributed by atoms with van der Waals surface area (Å²) >= 11 is 0. The van der Waals surface area contributed by atoms with E-state index in [1.165, 1.54) is 64.2 Å². The second-order valence-corrected chi connectivity index (χ2v) is 9.13. The highest BCUT2D eigenvalue weighted by molar-refractivity contribution is 5.97. The number of carbonyl (C=O) groups is 2. The fourth-order valence-corrected chi connectivity index (χ4v) is 3.52. The number of nitrogens with one attached hydrogen (secondary N) is 1. The topological polar surface area (TPSA) is 92.4 Å². The van der Waals surface area contributed by atoms with Crippen LogP contribution in [0.15, 0.2) is 0 Å². The number of hydrogen-bond acceptors (Lipinski definition) is 3. The third kappa shape index (κ3) is 14.9. The van der Waals surface area contributed by atoms with E-state index in [0.29, 0.717) is 17.6 Å². The molecule has 0 radical (unpaired) electrons. The first kappa shape index (κ1) is 26.9. The molecule has 0 bridgehead atoms. The van der Waals surface area contributed by atoms with Crippen molar-refractivity contribution in [1.82, 2.24) is 5.32 Å². The third-order valence-electron chi connectivity index (χ3n) is 5.06. The molecule has 2 atom stereocenters. The van der Waals surface area contributed by atoms with Gasteiger partial charge in [0, 0.05) is 6.54 Å². The molecule has 0 fully saturated rings. The zero-order valence-electron chi connectivity index (χ0n) is 18.8. The first-order valence-electron chi connectivity index (χ1n) is 11.3. The number of amides is 1. The molecule has 0 aromatic carbocycles. The summed E-state index contributed by atoms with van der Waals surface area (Å²) < 4.78 is 0.525. The highest BCUT2D eigenvalue weighted by atomic mass is 16.4. The van der Waals surface area contributed by atoms with Gasteiger partial charge >= 0.3 is 5.97 Å². The van der Waals surface area contributed by atoms with Gasteiger partial charge in [0.2, 0.25) is 5.91 Å². The molecule has 0 aromatic rings. The predicted molar refractivity (Wildman–Crippen MR) is 116 cm³/mol. The molecule has 0 heterocycles. The lowest BCUT2D eigenvalue weighted by Crippen LogP contribution is -2.54. The van der Waals surface area contributed by atoms with E-state index < -0.39 is 23.8 Å². The van der Waals surface area contributed by atoms with E-state index in [2.05, 4.69) is 12.2 Å². The van der Waals surface area contributed by atoms with Gasteiger partial charge in [-0.2, -0.15) is 0 Å². The summed E-state index contributed by atoms with van der Waals surface area (Å²) in [5.74, 6) is -2.79. The summed E-state index contributed by atoms with van der Waals surface area (Å²) in [7, 11) is 5.80. The second kappa shape index (κ2) is 15.7. The highest BCUT2D eigenvalue weighted by Gasteiger charge is 2.35. The number of aliphatic carboxylic acids is 1. The van der Waals surface area contributed by atoms with Crippen molar-refractivity contribution in [3.63, 3.8) is 0 Å². The predicted octanol–water partition coefficient (Wildman–Crippen LogP) is 3.54. The summed E-state index contributed by atoms with van der Waals surface area (Å²) in [6, 6.07) is -0.695. The van der Waals surface area contributed by atoms with Crippen molar-refractivity contribution < 1.29 is 19.2 Å². The number of rotatable bonds is 18. The molecule has 0 rings (SSSR count). The van der Waals surface area contributed by atoms with E-state index in [1.807, 2.05) is 21.1 Å². The third-order valence-corrected chi connectivity index (χ3v) is 5.06. The summed E-state index contributed by atoms with van der Waals surface area (Å²) in [5.41, 5.74) is 5.99. The van der Waals surface area contributed by atoms with Crippen LogP contribution < -0.4 is 11.1 Å². The lowest BCUT2D eigenvalue weighted by molar-refractivity contribution is -0.871. The van der Waals surface area contributed by atoms with Crippen molar-refractivity contribution in [3.8, 4) is 0 Å². The van der Waals surface area contributed by atoms with Gasteiger partial charge < -0.3 is 20.6 Å². The van der Waals surface area contributed by atoms with Gasteiger partial charge in [-0.25, -0.2) is 0 Å². The number of carbonyl (C=O) groups excluding carboxylic acids is 1. The summed E-state index contributed by atoms with van der Waals surface area (Å²) in [5, 5.41) is 12.1. The van der Waals surface area contributed by atoms with E-state index in [9.17, 15) is 14.7 Å². The molecule has 28 heavy (non-hydrogen) atoms. The molecule has 1 amide bonds. The van der Waals surface area contributed by atoms with Crippen LogP contribution in [-0.4, -0.2) is 61.7 Å². The van der Waals surface area contributed by atoms with Crippen LogP contribution in [0.2, 0.25) is 0 Å². The zero-order valence-corrected chi connectivity index (χ0v) is 18.8. The molecule has 6 nitrogen and oxygen atoms in total. The Labute approximate surface area is 172 Å². The molecule has 4 N–H and O–H groups in total. The quantitative estimate of drug-likeness (QED) is 0.186. The lowest BCUT2D eigenvalue weighted by atomic mass is 9.98. The number of carboxylic acids is 1. The first-order chi connectivity index (χ1) is 13.2. The van der Waals surface area contributed by atoms with Crippen LogP contribution in [0.5, 0.6) is 0 Å². The van der Waals surface area contributed by atoms with Crippen molar-refractivity contribution >= 4 is 11.9 Å². The number of likely N-dealkylation sites (N-methyl/N-ethyl adjacent to an activating group) is 1. The summed E-state index contributed by atoms with van der Waals surface area (Å²) in [6.45, 7) is 3.21. The number of unbranched alkanes of at least 4 members (excludes halogenated alkanes) is 11. The monoisotopic (exact) mass is 400 g/mol. The van der Waals surface area contributed by atoms with Crippen LogP contribution in [0, 0.1) is 5.92 Å². The van der Waals surface area contributed by atoms with Gasteiger partial charge in [-0.05, 0) is 6.42 Å². The van der Waals surface area contributed by atoms with E-state index in [4.69, 9.17) is 5.73 Å². The largest absolute Gasteiger partial charge is 0.481 e. The van der Waals surface area contributed by atoms with Crippen LogP contribution >= 0.6 is 0 Å². The Morgan fingerprint density at radius 1 is 0.857 bits per heavy atom. The van der Waals surface area contributed by atoms with Crippen LogP contribution in [0.4, 0.5) is 0 Å². The van der Waals surface area contributed by atoms with Gasteiger partial charge in [0.25, 0.3) is 0 Å². The Bertz CT molecular complexity index is 422. The van der Waals surface area contributed by atoms with Gasteiger partial charge in [0.15, 0.2) is 5.92 Å². The maximum absolute atomic E-state index is 12.2. The number of nitrogens with two attached hydrogens (primary N) is 1. The molecule has 166 valence electrons. The van der Waals surface area contributed by atoms with Gasteiger partial charge in [0.05, 0.1) is 33.7 Å². The molecule has 0 aromatic heterocycles. The highest BCUT2D eigenvalue weighted by Crippen LogP contribution is 2.12. The Hall–Kier alpha value is -1.14. The Morgan fingerprint density at radius 3 is 1.68 bits per heavy atom. The van der Waals surface area contributed by atoms with Crippen molar-refractivity contribution in [2.45, 2.75) is 90.0 Å². The van der Waals surface area contributed by atoms with Gasteiger partial charge in [0.1, 0.15) is 0 Å². The molecule has 0 saturated heterocycles. The minimum absolute atomic E-state index is 0.434. The van der Waals surface area contributed by atoms with Crippen LogP contribution in [0.3, 0.4) is 0 Å². The molecule has 0 aliphatic heterocycles. The van der Waals surface area contributed by atoms with Crippen molar-refractivity contribution in [3.05, 3.63) is 0 Å². The molecule has 0 aliphatic carbocycles. The maximum atomic E-state index is 12.2. The molecule has 0 aliphatic rings. The standard InChI is InChI=1S/C22H45N3O3/c1-5-6-7-8-9-10-11-12-13-14-15-16-17-24-21(26)20(22(27)28)19(23)18-25(2,3)4/h19-20H,5-18,23H2,1-4H3,(H-,24,26,27,28)/p+1. The second-order valence-electron chi connectivity index (χ2n) is 9.13. The molecule has 0 saturated carbocycles. The zero-order chi connectivity index (χ0) is 21.4. The maximum Gasteiger partial charge on any atom is 0.317 e. The number of nitrogens with zero attached hydrogens (tertiary/aromatic N) is 1. The first-order valence-corrected chi connectivity index (χ1v) is 11.3. The molecule has 6 heteroatoms. The fraction of sp³-hybridized carbons (Fsp3) is 0.909. The van der Waals surface area contributed by atoms with Crippen molar-refractivity contribution in [2.24, 2.45) is 11.7 Å². The van der Waals surface area contributed by atoms with Crippen molar-refractivity contribution in [1.29, 1.82) is 0 Å². The van der Waals surface area contributed by atoms with E-state index in [0.717, 1.165) is 12.8 Å².